The van der Waals surface area contributed by atoms with E-state index in [1.807, 2.05) is 0 Å². The van der Waals surface area contributed by atoms with E-state index in [1.165, 1.54) is 6.07 Å². The zero-order valence-corrected chi connectivity index (χ0v) is 12.6. The van der Waals surface area contributed by atoms with Crippen LogP contribution in [0.25, 0.3) is 0 Å². The second kappa shape index (κ2) is 8.91. The van der Waals surface area contributed by atoms with Crippen molar-refractivity contribution in [1.82, 2.24) is 4.72 Å². The van der Waals surface area contributed by atoms with Crippen molar-refractivity contribution < 1.29 is 13.2 Å². The van der Waals surface area contributed by atoms with Gasteiger partial charge in [-0.1, -0.05) is 25.5 Å². The number of hydrogen-bond acceptors (Lipinski definition) is 5. The molecule has 0 aliphatic carbocycles. The maximum Gasteiger partial charge on any atom is 0.242 e. The summed E-state index contributed by atoms with van der Waals surface area (Å²) in [5.74, 6) is 5.31. The molecule has 0 unspecified atom stereocenters. The third-order valence-electron chi connectivity index (χ3n) is 2.73. The average molecular weight is 301 g/mol. The number of sulfonamides is 1. The van der Waals surface area contributed by atoms with E-state index in [-0.39, 0.29) is 4.90 Å². The van der Waals surface area contributed by atoms with Gasteiger partial charge >= 0.3 is 0 Å². The first-order valence-electron chi connectivity index (χ1n) is 6.75. The van der Waals surface area contributed by atoms with Gasteiger partial charge in [0, 0.05) is 19.8 Å². The highest BCUT2D eigenvalue weighted by Crippen LogP contribution is 2.19. The van der Waals surface area contributed by atoms with Gasteiger partial charge in [-0.05, 0) is 25.0 Å². The van der Waals surface area contributed by atoms with Gasteiger partial charge in [-0.15, -0.1) is 0 Å². The summed E-state index contributed by atoms with van der Waals surface area (Å²) in [6, 6.07) is 6.50. The first-order valence-corrected chi connectivity index (χ1v) is 8.23. The van der Waals surface area contributed by atoms with Crippen LogP contribution in [-0.2, 0) is 14.8 Å². The monoisotopic (exact) mass is 301 g/mol. The first-order chi connectivity index (χ1) is 9.61. The summed E-state index contributed by atoms with van der Waals surface area (Å²) >= 11 is 0. The van der Waals surface area contributed by atoms with Gasteiger partial charge in [-0.25, -0.2) is 13.1 Å². The molecule has 0 spiro atoms. The van der Waals surface area contributed by atoms with E-state index in [0.29, 0.717) is 25.3 Å². The Morgan fingerprint density at radius 2 is 1.90 bits per heavy atom. The van der Waals surface area contributed by atoms with Crippen LogP contribution >= 0.6 is 0 Å². The van der Waals surface area contributed by atoms with Gasteiger partial charge in [-0.2, -0.15) is 0 Å². The maximum absolute atomic E-state index is 12.1. The lowest BCUT2D eigenvalue weighted by molar-refractivity contribution is 0.130. The van der Waals surface area contributed by atoms with Crippen molar-refractivity contribution in [2.75, 3.05) is 25.2 Å². The molecule has 0 saturated heterocycles. The normalized spacial score (nSPS) is 11.5. The van der Waals surface area contributed by atoms with Crippen molar-refractivity contribution in [2.24, 2.45) is 5.84 Å². The fourth-order valence-corrected chi connectivity index (χ4v) is 2.87. The molecule has 0 radical (unpaired) electrons. The predicted octanol–water partition coefficient (Wildman–Crippen LogP) is 1.46. The largest absolute Gasteiger partial charge is 0.381 e. The molecule has 7 heteroatoms. The quantitative estimate of drug-likeness (QED) is 0.345. The summed E-state index contributed by atoms with van der Waals surface area (Å²) in [5, 5.41) is 0. The van der Waals surface area contributed by atoms with E-state index in [1.54, 1.807) is 18.2 Å². The van der Waals surface area contributed by atoms with Gasteiger partial charge in [0.2, 0.25) is 10.0 Å². The number of ether oxygens (including phenoxy) is 1. The van der Waals surface area contributed by atoms with Crippen LogP contribution in [0.2, 0.25) is 0 Å². The van der Waals surface area contributed by atoms with Crippen LogP contribution < -0.4 is 16.0 Å². The molecule has 20 heavy (non-hydrogen) atoms. The van der Waals surface area contributed by atoms with Crippen molar-refractivity contribution in [1.29, 1.82) is 0 Å². The summed E-state index contributed by atoms with van der Waals surface area (Å²) in [6.07, 6.45) is 2.76. The number of nitrogens with two attached hydrogens (primary N) is 1. The zero-order valence-electron chi connectivity index (χ0n) is 11.8. The Hall–Kier alpha value is -1.15. The number of nitrogens with one attached hydrogen (secondary N) is 2. The highest BCUT2D eigenvalue weighted by atomic mass is 32.2. The molecular formula is C13H23N3O3S. The molecule has 0 aromatic heterocycles. The number of nitrogen functional groups attached to an aromatic ring is 1. The molecule has 0 atom stereocenters. The van der Waals surface area contributed by atoms with E-state index in [2.05, 4.69) is 17.1 Å². The van der Waals surface area contributed by atoms with Crippen LogP contribution in [0.3, 0.4) is 0 Å². The predicted molar refractivity (Wildman–Crippen MR) is 79.8 cm³/mol. The Morgan fingerprint density at radius 1 is 1.20 bits per heavy atom. The van der Waals surface area contributed by atoms with Crippen LogP contribution in [-0.4, -0.2) is 28.2 Å². The highest BCUT2D eigenvalue weighted by molar-refractivity contribution is 7.89. The van der Waals surface area contributed by atoms with Gasteiger partial charge in [0.05, 0.1) is 5.69 Å². The minimum atomic E-state index is -3.55. The SMILES string of the molecule is CCCCOCCCNS(=O)(=O)c1ccccc1NN. The average Bonchev–Trinajstić information content (AvgIpc) is 2.46. The van der Waals surface area contributed by atoms with Crippen molar-refractivity contribution >= 4 is 15.7 Å². The Morgan fingerprint density at radius 3 is 2.60 bits per heavy atom. The molecule has 0 bridgehead atoms. The van der Waals surface area contributed by atoms with Crippen LogP contribution in [0.15, 0.2) is 29.2 Å². The van der Waals surface area contributed by atoms with Gasteiger partial charge in [-0.3, -0.25) is 5.84 Å². The molecule has 0 aliphatic rings. The second-order valence-electron chi connectivity index (χ2n) is 4.36. The number of anilines is 1. The molecule has 114 valence electrons. The number of hydrazine groups is 1. The van der Waals surface area contributed by atoms with Crippen molar-refractivity contribution in [3.63, 3.8) is 0 Å². The number of unbranched alkanes of at least 4 members (excludes halogenated alkanes) is 1. The minimum absolute atomic E-state index is 0.148. The second-order valence-corrected chi connectivity index (χ2v) is 6.09. The lowest BCUT2D eigenvalue weighted by Gasteiger charge is -2.10. The smallest absolute Gasteiger partial charge is 0.242 e. The topological polar surface area (TPSA) is 93.4 Å². The number of benzene rings is 1. The lowest BCUT2D eigenvalue weighted by Crippen LogP contribution is -2.27. The Kier molecular flexibility index (Phi) is 7.53. The molecule has 0 saturated carbocycles. The van der Waals surface area contributed by atoms with Crippen molar-refractivity contribution in [3.05, 3.63) is 24.3 Å². The minimum Gasteiger partial charge on any atom is -0.381 e. The molecule has 0 aliphatic heterocycles. The molecule has 0 amide bonds. The Balaban J connectivity index is 2.42. The molecule has 0 fully saturated rings. The number of para-hydroxylation sites is 1. The van der Waals surface area contributed by atoms with E-state index in [4.69, 9.17) is 10.6 Å². The molecule has 0 heterocycles. The summed E-state index contributed by atoms with van der Waals surface area (Å²) in [6.45, 7) is 3.72. The standard InChI is InChI=1S/C13H23N3O3S/c1-2-3-10-19-11-6-9-15-20(17,18)13-8-5-4-7-12(13)16-14/h4-5,7-8,15-16H,2-3,6,9-11,14H2,1H3. The maximum atomic E-state index is 12.1. The van der Waals surface area contributed by atoms with Crippen LogP contribution in [0, 0.1) is 0 Å². The van der Waals surface area contributed by atoms with Gasteiger partial charge < -0.3 is 10.2 Å². The van der Waals surface area contributed by atoms with Crippen molar-refractivity contribution in [3.8, 4) is 0 Å². The van der Waals surface area contributed by atoms with Crippen LogP contribution in [0.4, 0.5) is 5.69 Å². The molecule has 1 aromatic rings. The van der Waals surface area contributed by atoms with Crippen LogP contribution in [0.1, 0.15) is 26.2 Å². The highest BCUT2D eigenvalue weighted by Gasteiger charge is 2.16. The van der Waals surface area contributed by atoms with Gasteiger partial charge in [0.1, 0.15) is 4.90 Å². The number of hydrogen-bond donors (Lipinski definition) is 3. The Bertz CT molecular complexity index is 491. The fourth-order valence-electron chi connectivity index (χ4n) is 1.63. The first kappa shape index (κ1) is 16.9. The van der Waals surface area contributed by atoms with E-state index in [0.717, 1.165) is 19.4 Å². The number of rotatable bonds is 10. The molecule has 1 aromatic carbocycles. The summed E-state index contributed by atoms with van der Waals surface area (Å²) in [7, 11) is -3.55. The summed E-state index contributed by atoms with van der Waals surface area (Å²) in [5.41, 5.74) is 2.76. The Labute approximate surface area is 120 Å². The van der Waals surface area contributed by atoms with E-state index < -0.39 is 10.0 Å². The molecule has 1 rings (SSSR count). The molecular weight excluding hydrogens is 278 g/mol. The zero-order chi connectivity index (χ0) is 14.8. The molecule has 6 nitrogen and oxygen atoms in total. The van der Waals surface area contributed by atoms with Crippen molar-refractivity contribution in [2.45, 2.75) is 31.1 Å². The van der Waals surface area contributed by atoms with E-state index in [9.17, 15) is 8.42 Å². The van der Waals surface area contributed by atoms with E-state index >= 15 is 0 Å². The molecule has 4 N–H and O–H groups in total. The third kappa shape index (κ3) is 5.46. The third-order valence-corrected chi connectivity index (χ3v) is 4.25. The van der Waals surface area contributed by atoms with Crippen LogP contribution in [0.5, 0.6) is 0 Å². The summed E-state index contributed by atoms with van der Waals surface area (Å²) in [4.78, 5) is 0.148. The fraction of sp³-hybridized carbons (Fsp3) is 0.538. The summed E-state index contributed by atoms with van der Waals surface area (Å²) < 4.78 is 32.1. The van der Waals surface area contributed by atoms with Gasteiger partial charge in [0.15, 0.2) is 0 Å². The lowest BCUT2D eigenvalue weighted by atomic mass is 10.3. The van der Waals surface area contributed by atoms with Gasteiger partial charge in [0.25, 0.3) is 0 Å².